The molecule has 0 spiro atoms. The fourth-order valence-corrected chi connectivity index (χ4v) is 4.65. The molecular weight excluding hydrogens is 412 g/mol. The molecule has 3 N–H and O–H groups in total. The van der Waals surface area contributed by atoms with Crippen molar-refractivity contribution < 1.29 is 15.0 Å². The third-order valence-corrected chi connectivity index (χ3v) is 6.77. The summed E-state index contributed by atoms with van der Waals surface area (Å²) in [4.78, 5) is 12.8. The van der Waals surface area contributed by atoms with Gasteiger partial charge in [-0.15, -0.1) is 0 Å². The van der Waals surface area contributed by atoms with Gasteiger partial charge in [-0.1, -0.05) is 70.9 Å². The predicted molar refractivity (Wildman–Crippen MR) is 143 cm³/mol. The number of amides is 1. The van der Waals surface area contributed by atoms with Crippen LogP contribution in [-0.2, 0) is 4.79 Å². The Morgan fingerprint density at radius 2 is 1.64 bits per heavy atom. The van der Waals surface area contributed by atoms with Crippen molar-refractivity contribution in [1.29, 1.82) is 0 Å². The number of likely N-dealkylation sites (tertiary alicyclic amines) is 1. The van der Waals surface area contributed by atoms with Crippen molar-refractivity contribution in [3.8, 4) is 0 Å². The minimum absolute atomic E-state index is 0.250. The summed E-state index contributed by atoms with van der Waals surface area (Å²) in [6, 6.07) is 0.557. The lowest BCUT2D eigenvalue weighted by molar-refractivity contribution is -0.110. The summed E-state index contributed by atoms with van der Waals surface area (Å²) in [6.45, 7) is 18.1. The molecule has 1 saturated heterocycles. The van der Waals surface area contributed by atoms with Gasteiger partial charge in [-0.3, -0.25) is 9.69 Å². The van der Waals surface area contributed by atoms with E-state index in [1.54, 1.807) is 12.5 Å². The Morgan fingerprint density at radius 3 is 2.09 bits per heavy atom. The van der Waals surface area contributed by atoms with Crippen molar-refractivity contribution in [3.05, 3.63) is 22.8 Å². The van der Waals surface area contributed by atoms with Gasteiger partial charge in [-0.05, 0) is 57.6 Å². The van der Waals surface area contributed by atoms with E-state index < -0.39 is 0 Å². The Labute approximate surface area is 205 Å². The van der Waals surface area contributed by atoms with Crippen LogP contribution in [0.1, 0.15) is 99.8 Å². The molecule has 0 bridgehead atoms. The quantitative estimate of drug-likeness (QED) is 0.436. The summed E-state index contributed by atoms with van der Waals surface area (Å²) < 4.78 is 0. The topological polar surface area (TPSA) is 72.8 Å². The van der Waals surface area contributed by atoms with Crippen LogP contribution in [-0.4, -0.2) is 60.9 Å². The Bertz CT molecular complexity index is 519. The molecule has 33 heavy (non-hydrogen) atoms. The van der Waals surface area contributed by atoms with E-state index >= 15 is 0 Å². The van der Waals surface area contributed by atoms with Crippen molar-refractivity contribution in [2.24, 2.45) is 11.8 Å². The van der Waals surface area contributed by atoms with Gasteiger partial charge in [0.25, 0.3) is 0 Å². The maximum absolute atomic E-state index is 10.3. The second-order valence-electron chi connectivity index (χ2n) is 8.83. The van der Waals surface area contributed by atoms with Crippen LogP contribution in [0.2, 0.25) is 0 Å². The standard InChI is InChI=1S/C15H24N2O.C8H16.C2H6O.C2H6.CH4O/c1-11-5-4-6-15(12(11)2)13(3)17-8-14(9-17)7-16-10-18;1-2-8-6-4-3-5-7-8;1-2-3;2*1-2/h5,10,13-14H,4,6-9H2,1-3H3,(H,16,18);8H,2-7H2,1H3;3H,2H2,1H3;1-2H3;2H,1H3. The van der Waals surface area contributed by atoms with Crippen LogP contribution in [0.3, 0.4) is 0 Å². The molecule has 0 aromatic heterocycles. The van der Waals surface area contributed by atoms with Crippen molar-refractivity contribution in [3.63, 3.8) is 0 Å². The second-order valence-corrected chi connectivity index (χ2v) is 8.83. The van der Waals surface area contributed by atoms with E-state index in [0.29, 0.717) is 12.0 Å². The number of carbonyl (C=O) groups is 1. The fourth-order valence-electron chi connectivity index (χ4n) is 4.65. The first-order valence-corrected chi connectivity index (χ1v) is 13.3. The summed E-state index contributed by atoms with van der Waals surface area (Å²) in [5.74, 6) is 1.72. The lowest BCUT2D eigenvalue weighted by Gasteiger charge is -2.44. The van der Waals surface area contributed by atoms with Gasteiger partial charge in [-0.2, -0.15) is 0 Å². The van der Waals surface area contributed by atoms with E-state index in [-0.39, 0.29) is 6.61 Å². The number of hydrogen-bond acceptors (Lipinski definition) is 4. The highest BCUT2D eigenvalue weighted by atomic mass is 16.2. The number of carbonyl (C=O) groups excluding carboxylic acids is 1. The van der Waals surface area contributed by atoms with Gasteiger partial charge >= 0.3 is 0 Å². The van der Waals surface area contributed by atoms with Gasteiger partial charge in [0.05, 0.1) is 0 Å². The van der Waals surface area contributed by atoms with Crippen molar-refractivity contribution in [2.45, 2.75) is 106 Å². The molecule has 0 radical (unpaired) electrons. The lowest BCUT2D eigenvalue weighted by Crippen LogP contribution is -2.54. The van der Waals surface area contributed by atoms with Crippen LogP contribution in [0.15, 0.2) is 22.8 Å². The molecule has 5 heteroatoms. The summed E-state index contributed by atoms with van der Waals surface area (Å²) in [6.07, 6.45) is 14.5. The largest absolute Gasteiger partial charge is 0.400 e. The van der Waals surface area contributed by atoms with E-state index in [2.05, 4.69) is 44.0 Å². The minimum atomic E-state index is 0.250. The number of aliphatic hydroxyl groups is 2. The van der Waals surface area contributed by atoms with Gasteiger partial charge in [0.15, 0.2) is 0 Å². The molecule has 1 heterocycles. The van der Waals surface area contributed by atoms with Crippen LogP contribution in [0.5, 0.6) is 0 Å². The fraction of sp³-hybridized carbons (Fsp3) is 0.821. The molecule has 5 nitrogen and oxygen atoms in total. The number of nitrogens with one attached hydrogen (secondary N) is 1. The lowest BCUT2D eigenvalue weighted by atomic mass is 9.86. The molecule has 3 aliphatic rings. The summed E-state index contributed by atoms with van der Waals surface area (Å²) in [5, 5.41) is 17.3. The highest BCUT2D eigenvalue weighted by molar-refractivity contribution is 5.45. The average molecular weight is 469 g/mol. The van der Waals surface area contributed by atoms with E-state index in [4.69, 9.17) is 10.2 Å². The van der Waals surface area contributed by atoms with Crippen molar-refractivity contribution in [1.82, 2.24) is 10.2 Å². The predicted octanol–water partition coefficient (Wildman–Crippen LogP) is 5.72. The summed E-state index contributed by atoms with van der Waals surface area (Å²) >= 11 is 0. The molecule has 2 fully saturated rings. The number of hydrogen-bond donors (Lipinski definition) is 3. The number of nitrogens with zero attached hydrogens (tertiary/aromatic N) is 1. The van der Waals surface area contributed by atoms with E-state index in [9.17, 15) is 4.79 Å². The molecule has 3 rings (SSSR count). The molecule has 0 aromatic carbocycles. The van der Waals surface area contributed by atoms with Crippen LogP contribution in [0, 0.1) is 11.8 Å². The van der Waals surface area contributed by atoms with Crippen LogP contribution >= 0.6 is 0 Å². The van der Waals surface area contributed by atoms with Gasteiger partial charge in [0.1, 0.15) is 0 Å². The maximum Gasteiger partial charge on any atom is 0.207 e. The normalized spacial score (nSPS) is 19.4. The number of aliphatic hydroxyl groups excluding tert-OH is 2. The smallest absolute Gasteiger partial charge is 0.207 e. The molecule has 2 aliphatic carbocycles. The SMILES string of the molecule is CC.CC1=CCCC(C(C)N2CC(CNC=O)C2)=C1C.CCC1CCCCC1.CCO.CO. The van der Waals surface area contributed by atoms with Gasteiger partial charge in [-0.25, -0.2) is 0 Å². The molecule has 1 aliphatic heterocycles. The zero-order chi connectivity index (χ0) is 25.6. The zero-order valence-electron chi connectivity index (χ0n) is 23.1. The summed E-state index contributed by atoms with van der Waals surface area (Å²) in [7, 11) is 1.00. The molecule has 1 unspecified atom stereocenters. The Kier molecular flexibility index (Phi) is 23.3. The third-order valence-electron chi connectivity index (χ3n) is 6.77. The molecule has 1 saturated carbocycles. The molecule has 0 aromatic rings. The molecule has 1 amide bonds. The molecule has 196 valence electrons. The first-order valence-electron chi connectivity index (χ1n) is 13.3. The second kappa shape index (κ2) is 22.6. The monoisotopic (exact) mass is 468 g/mol. The van der Waals surface area contributed by atoms with Gasteiger partial charge in [0.2, 0.25) is 6.41 Å². The van der Waals surface area contributed by atoms with E-state index in [1.165, 1.54) is 62.5 Å². The maximum atomic E-state index is 10.3. The van der Waals surface area contributed by atoms with Crippen LogP contribution in [0.25, 0.3) is 0 Å². The molecular formula is C28H56N2O3. The number of allylic oxidation sites excluding steroid dienone is 3. The first kappa shape index (κ1) is 34.0. The highest BCUT2D eigenvalue weighted by Gasteiger charge is 2.32. The minimum Gasteiger partial charge on any atom is -0.400 e. The summed E-state index contributed by atoms with van der Waals surface area (Å²) in [5.41, 5.74) is 4.54. The highest BCUT2D eigenvalue weighted by Crippen LogP contribution is 2.31. The van der Waals surface area contributed by atoms with Crippen molar-refractivity contribution >= 4 is 6.41 Å². The Morgan fingerprint density at radius 1 is 1.09 bits per heavy atom. The van der Waals surface area contributed by atoms with Crippen LogP contribution in [0.4, 0.5) is 0 Å². The number of rotatable bonds is 6. The van der Waals surface area contributed by atoms with Gasteiger partial charge in [0, 0.05) is 45.3 Å². The van der Waals surface area contributed by atoms with Crippen molar-refractivity contribution in [2.75, 3.05) is 33.4 Å². The molecule has 1 atom stereocenters. The zero-order valence-corrected chi connectivity index (χ0v) is 23.1. The van der Waals surface area contributed by atoms with Crippen LogP contribution < -0.4 is 5.32 Å². The first-order chi connectivity index (χ1) is 16.0. The average Bonchev–Trinajstić information content (AvgIpc) is 2.84. The van der Waals surface area contributed by atoms with E-state index in [1.807, 2.05) is 13.8 Å². The Balaban J connectivity index is 0. The van der Waals surface area contributed by atoms with Gasteiger partial charge < -0.3 is 15.5 Å². The van der Waals surface area contributed by atoms with E-state index in [0.717, 1.165) is 39.1 Å². The Hall–Kier alpha value is -1.17. The third kappa shape index (κ3) is 14.0.